The van der Waals surface area contributed by atoms with E-state index in [1.165, 1.54) is 25.6 Å². The van der Waals surface area contributed by atoms with E-state index >= 15 is 0 Å². The number of nitro groups is 1. The lowest BCUT2D eigenvalue weighted by Crippen LogP contribution is -2.03. The Kier molecular flexibility index (Phi) is 4.80. The van der Waals surface area contributed by atoms with Crippen molar-refractivity contribution < 1.29 is 14.4 Å². The van der Waals surface area contributed by atoms with Gasteiger partial charge in [0.2, 0.25) is 5.75 Å². The Morgan fingerprint density at radius 3 is 2.69 bits per heavy atom. The molecule has 0 radical (unpaired) electrons. The maximum Gasteiger partial charge on any atom is 0.325 e. The zero-order valence-electron chi connectivity index (χ0n) is 13.8. The number of aromatic nitrogens is 2. The fourth-order valence-electron chi connectivity index (χ4n) is 2.54. The maximum atomic E-state index is 11.7. The highest BCUT2D eigenvalue weighted by Gasteiger charge is 2.28. The van der Waals surface area contributed by atoms with Gasteiger partial charge in [-0.2, -0.15) is 5.26 Å². The van der Waals surface area contributed by atoms with E-state index in [0.29, 0.717) is 0 Å². The van der Waals surface area contributed by atoms with E-state index in [1.807, 2.05) is 36.5 Å². The molecule has 0 atom stereocenters. The molecule has 8 nitrogen and oxygen atoms in total. The second-order valence-corrected chi connectivity index (χ2v) is 5.25. The smallest absolute Gasteiger partial charge is 0.325 e. The van der Waals surface area contributed by atoms with Gasteiger partial charge in [0, 0.05) is 12.4 Å². The molecular formula is C18H14N4O4. The Balaban J connectivity index is 2.04. The lowest BCUT2D eigenvalue weighted by atomic mass is 10.1. The lowest BCUT2D eigenvalue weighted by molar-refractivity contribution is -0.385. The van der Waals surface area contributed by atoms with Gasteiger partial charge in [-0.1, -0.05) is 30.3 Å². The van der Waals surface area contributed by atoms with Crippen LogP contribution >= 0.6 is 0 Å². The van der Waals surface area contributed by atoms with E-state index in [9.17, 15) is 10.1 Å². The van der Waals surface area contributed by atoms with Crippen LogP contribution in [0.3, 0.4) is 0 Å². The van der Waals surface area contributed by atoms with Gasteiger partial charge in [0.05, 0.1) is 12.0 Å². The number of hydrogen-bond donors (Lipinski definition) is 0. The molecule has 1 aromatic heterocycles. The van der Waals surface area contributed by atoms with Gasteiger partial charge in [-0.05, 0) is 17.7 Å². The van der Waals surface area contributed by atoms with Crippen molar-refractivity contribution in [3.63, 3.8) is 0 Å². The molecule has 26 heavy (non-hydrogen) atoms. The predicted octanol–water partition coefficient (Wildman–Crippen LogP) is 3.38. The summed E-state index contributed by atoms with van der Waals surface area (Å²) in [6, 6.07) is 12.5. The Bertz CT molecular complexity index is 977. The summed E-state index contributed by atoms with van der Waals surface area (Å²) in [6.45, 7) is 0.237. The van der Waals surface area contributed by atoms with Crippen LogP contribution < -0.4 is 9.47 Å². The summed E-state index contributed by atoms with van der Waals surface area (Å²) in [7, 11) is 1.33. The minimum absolute atomic E-state index is 0.0177. The number of rotatable bonds is 6. The van der Waals surface area contributed by atoms with E-state index < -0.39 is 4.92 Å². The van der Waals surface area contributed by atoms with E-state index in [4.69, 9.17) is 14.7 Å². The second-order valence-electron chi connectivity index (χ2n) is 5.25. The van der Waals surface area contributed by atoms with Gasteiger partial charge >= 0.3 is 5.69 Å². The van der Waals surface area contributed by atoms with Crippen molar-refractivity contribution in [3.05, 3.63) is 70.5 Å². The number of nitro benzene ring substituents is 1. The minimum atomic E-state index is -0.570. The summed E-state index contributed by atoms with van der Waals surface area (Å²) in [6.07, 6.45) is 4.72. The SMILES string of the molecule is COc1c(OCc2ccccc2)ccc(-c2nccn2C#N)c1[N+](=O)[O-]. The summed E-state index contributed by atoms with van der Waals surface area (Å²) in [5.41, 5.74) is 0.785. The van der Waals surface area contributed by atoms with Crippen LogP contribution in [-0.4, -0.2) is 21.6 Å². The molecule has 130 valence electrons. The lowest BCUT2D eigenvalue weighted by Gasteiger charge is -2.13. The monoisotopic (exact) mass is 350 g/mol. The number of nitriles is 1. The molecule has 0 bridgehead atoms. The van der Waals surface area contributed by atoms with Crippen LogP contribution in [0.4, 0.5) is 5.69 Å². The summed E-state index contributed by atoms with van der Waals surface area (Å²) in [5.74, 6) is 0.380. The molecule has 8 heteroatoms. The first-order valence-corrected chi connectivity index (χ1v) is 7.61. The highest BCUT2D eigenvalue weighted by Crippen LogP contribution is 2.43. The number of methoxy groups -OCH3 is 1. The quantitative estimate of drug-likeness (QED) is 0.499. The fourth-order valence-corrected chi connectivity index (χ4v) is 2.54. The number of benzene rings is 2. The average molecular weight is 350 g/mol. The Morgan fingerprint density at radius 1 is 1.27 bits per heavy atom. The minimum Gasteiger partial charge on any atom is -0.488 e. The molecule has 0 amide bonds. The molecule has 3 rings (SSSR count). The first kappa shape index (κ1) is 17.0. The molecule has 1 heterocycles. The summed E-state index contributed by atoms with van der Waals surface area (Å²) >= 11 is 0. The molecule has 0 fully saturated rings. The van der Waals surface area contributed by atoms with E-state index in [2.05, 4.69) is 4.98 Å². The first-order valence-electron chi connectivity index (χ1n) is 7.61. The van der Waals surface area contributed by atoms with Crippen LogP contribution in [0.2, 0.25) is 0 Å². The van der Waals surface area contributed by atoms with E-state index in [1.54, 1.807) is 6.07 Å². The summed E-state index contributed by atoms with van der Waals surface area (Å²) in [5, 5.41) is 20.8. The topological polar surface area (TPSA) is 103 Å². The third-order valence-electron chi connectivity index (χ3n) is 3.71. The van der Waals surface area contributed by atoms with Crippen molar-refractivity contribution in [1.82, 2.24) is 9.55 Å². The van der Waals surface area contributed by atoms with Crippen molar-refractivity contribution in [2.45, 2.75) is 6.61 Å². The van der Waals surface area contributed by atoms with Crippen LogP contribution in [0.15, 0.2) is 54.9 Å². The second kappa shape index (κ2) is 7.36. The van der Waals surface area contributed by atoms with Crippen molar-refractivity contribution in [2.24, 2.45) is 0 Å². The molecular weight excluding hydrogens is 336 g/mol. The van der Waals surface area contributed by atoms with Crippen LogP contribution in [-0.2, 0) is 6.61 Å². The van der Waals surface area contributed by atoms with Crippen molar-refractivity contribution in [3.8, 4) is 29.1 Å². The Hall–Kier alpha value is -3.86. The zero-order valence-corrected chi connectivity index (χ0v) is 13.8. The molecule has 0 spiro atoms. The number of imidazole rings is 1. The van der Waals surface area contributed by atoms with Crippen molar-refractivity contribution in [2.75, 3.05) is 7.11 Å². The van der Waals surface area contributed by atoms with Crippen LogP contribution in [0, 0.1) is 21.6 Å². The molecule has 0 N–H and O–H groups in total. The van der Waals surface area contributed by atoms with Gasteiger partial charge in [0.25, 0.3) is 0 Å². The third kappa shape index (κ3) is 3.18. The first-order chi connectivity index (χ1) is 12.7. The molecule has 0 saturated heterocycles. The molecule has 0 aliphatic heterocycles. The molecule has 0 aliphatic rings. The predicted molar refractivity (Wildman–Crippen MR) is 92.7 cm³/mol. The average Bonchev–Trinajstić information content (AvgIpc) is 3.14. The number of nitrogens with zero attached hydrogens (tertiary/aromatic N) is 4. The fraction of sp³-hybridized carbons (Fsp3) is 0.111. The highest BCUT2D eigenvalue weighted by atomic mass is 16.6. The summed E-state index contributed by atoms with van der Waals surface area (Å²) in [4.78, 5) is 15.1. The summed E-state index contributed by atoms with van der Waals surface area (Å²) < 4.78 is 12.1. The number of hydrogen-bond acceptors (Lipinski definition) is 6. The van der Waals surface area contributed by atoms with Crippen molar-refractivity contribution >= 4 is 5.69 Å². The van der Waals surface area contributed by atoms with Gasteiger partial charge in [-0.25, -0.2) is 9.55 Å². The van der Waals surface area contributed by atoms with Gasteiger partial charge in [-0.3, -0.25) is 10.1 Å². The van der Waals surface area contributed by atoms with Crippen LogP contribution in [0.25, 0.3) is 11.4 Å². The largest absolute Gasteiger partial charge is 0.488 e. The Morgan fingerprint density at radius 2 is 2.04 bits per heavy atom. The molecule has 0 saturated carbocycles. The van der Waals surface area contributed by atoms with Gasteiger partial charge < -0.3 is 9.47 Å². The normalized spacial score (nSPS) is 10.2. The zero-order chi connectivity index (χ0) is 18.5. The van der Waals surface area contributed by atoms with Crippen molar-refractivity contribution in [1.29, 1.82) is 5.26 Å². The standard InChI is InChI=1S/C18H14N4O4/c1-25-17-15(26-11-13-5-3-2-4-6-13)8-7-14(16(17)22(23)24)18-20-9-10-21(18)12-19/h2-10H,11H2,1H3. The molecule has 0 aliphatic carbocycles. The van der Waals surface area contributed by atoms with Gasteiger partial charge in [0.1, 0.15) is 12.2 Å². The third-order valence-corrected chi connectivity index (χ3v) is 3.71. The van der Waals surface area contributed by atoms with Gasteiger partial charge in [-0.15, -0.1) is 0 Å². The van der Waals surface area contributed by atoms with Gasteiger partial charge in [0.15, 0.2) is 17.8 Å². The molecule has 3 aromatic rings. The van der Waals surface area contributed by atoms with Crippen LogP contribution in [0.1, 0.15) is 5.56 Å². The Labute approximate surface area is 149 Å². The van der Waals surface area contributed by atoms with E-state index in [-0.39, 0.29) is 35.2 Å². The highest BCUT2D eigenvalue weighted by molar-refractivity contribution is 5.77. The maximum absolute atomic E-state index is 11.7. The number of ether oxygens (including phenoxy) is 2. The van der Waals surface area contributed by atoms with Crippen LogP contribution in [0.5, 0.6) is 11.5 Å². The van der Waals surface area contributed by atoms with E-state index in [0.717, 1.165) is 10.1 Å². The molecule has 2 aromatic carbocycles. The molecule has 0 unspecified atom stereocenters.